The van der Waals surface area contributed by atoms with E-state index in [0.717, 1.165) is 35.0 Å². The molecule has 0 saturated heterocycles. The molecule has 0 N–H and O–H groups in total. The molecule has 4 aromatic carbocycles. The number of hydrogen-bond donors (Lipinski definition) is 0. The van der Waals surface area contributed by atoms with Gasteiger partial charge >= 0.3 is 283 Å². The van der Waals surface area contributed by atoms with Crippen LogP contribution in [0, 0.1) is 4.37 Å². The van der Waals surface area contributed by atoms with E-state index < -0.39 is 7.26 Å². The zero-order valence-corrected chi connectivity index (χ0v) is 29.8. The molecule has 1 aliphatic carbocycles. The van der Waals surface area contributed by atoms with E-state index in [0.29, 0.717) is 0 Å². The van der Waals surface area contributed by atoms with Crippen LogP contribution in [0.25, 0.3) is 23.2 Å². The standard InChI is InChI=1S/C40H35N2PS.Os/c1-4-16-32-25-26-33(40-39(32)41-44-42-40)27-28-34(29-35-18-15-17-31(35)5-2)30(3)43(36-19-9-6-10-20-36,37-21-11-7-12-22-37)38-23-13-8-14-24-38;/h4-14,16,19-29H,15,17-18H2,1-2H3;/q+1;/b16-4+,28-27+,31-5?,34-30?,35-29?;. The Morgan fingerprint density at radius 2 is 1.22 bits per heavy atom. The van der Waals surface area contributed by atoms with Gasteiger partial charge in [0.2, 0.25) is 0 Å². The first-order valence-electron chi connectivity index (χ1n) is 15.3. The normalized spacial score (nSPS) is 16.2. The van der Waals surface area contributed by atoms with E-state index in [4.69, 9.17) is 4.37 Å². The number of allylic oxidation sites excluding steroid dienone is 8. The van der Waals surface area contributed by atoms with Crippen molar-refractivity contribution >= 4 is 58.1 Å². The second-order valence-electron chi connectivity index (χ2n) is 10.9. The third-order valence-corrected chi connectivity index (χ3v) is 14.3. The van der Waals surface area contributed by atoms with E-state index in [1.54, 1.807) is 0 Å². The molecule has 1 saturated carbocycles. The summed E-state index contributed by atoms with van der Waals surface area (Å²) in [6.45, 7) is 4.20. The molecule has 0 radical (unpaired) electrons. The van der Waals surface area contributed by atoms with Crippen LogP contribution in [0.15, 0.2) is 149 Å². The van der Waals surface area contributed by atoms with Crippen LogP contribution in [0.4, 0.5) is 0 Å². The van der Waals surface area contributed by atoms with Gasteiger partial charge in [-0.1, -0.05) is 0 Å². The first-order valence-corrected chi connectivity index (χ1v) is 19.1. The number of rotatable bonds is 8. The summed E-state index contributed by atoms with van der Waals surface area (Å²) in [6, 6.07) is 37.5. The Morgan fingerprint density at radius 1 is 0.711 bits per heavy atom. The van der Waals surface area contributed by atoms with Gasteiger partial charge in [0.15, 0.2) is 0 Å². The molecule has 0 atom stereocenters. The molecule has 6 rings (SSSR count). The number of fused-ring (bicyclic) bond motifs is 1. The van der Waals surface area contributed by atoms with Gasteiger partial charge in [-0.05, 0) is 0 Å². The Morgan fingerprint density at radius 3 is 1.71 bits per heavy atom. The van der Waals surface area contributed by atoms with E-state index in [-0.39, 0.29) is 0 Å². The third-order valence-electron chi connectivity index (χ3n) is 8.37. The van der Waals surface area contributed by atoms with Gasteiger partial charge in [0.1, 0.15) is 0 Å². The Kier molecular flexibility index (Phi) is 10.1. The van der Waals surface area contributed by atoms with Gasteiger partial charge < -0.3 is 0 Å². The predicted octanol–water partition coefficient (Wildman–Crippen LogP) is 9.55. The van der Waals surface area contributed by atoms with Crippen molar-refractivity contribution in [3.05, 3.63) is 161 Å². The van der Waals surface area contributed by atoms with E-state index in [9.17, 15) is 0 Å². The van der Waals surface area contributed by atoms with Crippen LogP contribution in [0.5, 0.6) is 0 Å². The fraction of sp³-hybridized carbons (Fsp3) is 0.125. The van der Waals surface area contributed by atoms with Crippen LogP contribution in [0.2, 0.25) is 0 Å². The van der Waals surface area contributed by atoms with Crippen molar-refractivity contribution in [2.45, 2.75) is 33.1 Å². The Hall–Kier alpha value is -3.75. The molecule has 5 aromatic rings. The van der Waals surface area contributed by atoms with Crippen LogP contribution in [0.3, 0.4) is 0 Å². The summed E-state index contributed by atoms with van der Waals surface area (Å²) in [4.78, 5) is 0. The van der Waals surface area contributed by atoms with E-state index in [1.165, 1.54) is 56.1 Å². The zero-order valence-electron chi connectivity index (χ0n) is 25.5. The summed E-state index contributed by atoms with van der Waals surface area (Å²) in [7, 11) is -2.35. The maximum atomic E-state index is 4.72. The van der Waals surface area contributed by atoms with Crippen molar-refractivity contribution < 1.29 is 17.9 Å². The van der Waals surface area contributed by atoms with Gasteiger partial charge in [-0.3, -0.25) is 0 Å². The molecular formula is C40H35N2OsPS+. The molecule has 1 aliphatic rings. The quantitative estimate of drug-likeness (QED) is 0.116. The van der Waals surface area contributed by atoms with E-state index >= 15 is 0 Å². The molecule has 5 heteroatoms. The summed E-state index contributed by atoms with van der Waals surface area (Å²) in [5.41, 5.74) is 8.12. The van der Waals surface area contributed by atoms with Crippen LogP contribution < -0.4 is 15.9 Å². The van der Waals surface area contributed by atoms with Crippen molar-refractivity contribution in [1.29, 1.82) is 0 Å². The molecular weight excluding hydrogens is 762 g/mol. The minimum absolute atomic E-state index is 0.942. The van der Waals surface area contributed by atoms with Gasteiger partial charge in [-0.25, -0.2) is 0 Å². The van der Waals surface area contributed by atoms with Crippen molar-refractivity contribution in [1.82, 2.24) is 8.75 Å². The molecule has 223 valence electrons. The molecule has 1 heterocycles. The topological polar surface area (TPSA) is 25.8 Å². The molecule has 0 unspecified atom stereocenters. The van der Waals surface area contributed by atoms with Crippen LogP contribution in [-0.4, -0.2) is 8.75 Å². The Balaban J connectivity index is 1.69. The van der Waals surface area contributed by atoms with Gasteiger partial charge in [-0.15, -0.1) is 0 Å². The summed E-state index contributed by atoms with van der Waals surface area (Å²) >= 11 is 3.10. The van der Waals surface area contributed by atoms with Crippen molar-refractivity contribution in [3.8, 4) is 4.37 Å². The molecule has 2 nitrogen and oxygen atoms in total. The van der Waals surface area contributed by atoms with Crippen LogP contribution >= 0.6 is 19.0 Å². The zero-order chi connectivity index (χ0) is 31.1. The van der Waals surface area contributed by atoms with Crippen LogP contribution in [0.1, 0.15) is 44.2 Å². The summed E-state index contributed by atoms with van der Waals surface area (Å²) < 4.78 is 13.2. The number of benzene rings is 4. The molecule has 0 aliphatic heterocycles. The first kappa shape index (κ1) is 31.2. The SMILES string of the molecule is CC=C1CCCC1=CC(/C=C/c1ccc(/C=C/C)c2nsnc12)=C([C]#[Os])[P+](c1ccccc1)(c1ccccc1)c1ccccc1. The summed E-state index contributed by atoms with van der Waals surface area (Å²) in [6.07, 6.45) is 16.8. The third kappa shape index (κ3) is 6.23. The Bertz CT molecular complexity index is 1900. The van der Waals surface area contributed by atoms with Crippen LogP contribution in [-0.2, 0) is 17.9 Å². The Labute approximate surface area is 281 Å². The molecule has 1 aromatic heterocycles. The maximum absolute atomic E-state index is 4.72. The van der Waals surface area contributed by atoms with Gasteiger partial charge in [0, 0.05) is 0 Å². The fourth-order valence-electron chi connectivity index (χ4n) is 6.29. The molecule has 0 bridgehead atoms. The second-order valence-corrected chi connectivity index (χ2v) is 15.4. The van der Waals surface area contributed by atoms with Crippen molar-refractivity contribution in [2.75, 3.05) is 0 Å². The molecule has 0 spiro atoms. The first-order chi connectivity index (χ1) is 22.2. The summed E-state index contributed by atoms with van der Waals surface area (Å²) in [5, 5.41) is 5.20. The van der Waals surface area contributed by atoms with E-state index in [1.807, 2.05) is 24.9 Å². The average Bonchev–Trinajstić information content (AvgIpc) is 3.78. The monoisotopic (exact) mass is 798 g/mol. The van der Waals surface area contributed by atoms with Crippen molar-refractivity contribution in [2.24, 2.45) is 0 Å². The fourth-order valence-corrected chi connectivity index (χ4v) is 12.7. The van der Waals surface area contributed by atoms with Gasteiger partial charge in [0.25, 0.3) is 0 Å². The predicted molar refractivity (Wildman–Crippen MR) is 193 cm³/mol. The second kappa shape index (κ2) is 14.6. The molecule has 1 fully saturated rings. The van der Waals surface area contributed by atoms with E-state index in [2.05, 4.69) is 155 Å². The van der Waals surface area contributed by atoms with Crippen molar-refractivity contribution in [3.63, 3.8) is 0 Å². The minimum atomic E-state index is -2.35. The number of aromatic nitrogens is 2. The van der Waals surface area contributed by atoms with Gasteiger partial charge in [-0.2, -0.15) is 0 Å². The summed E-state index contributed by atoms with van der Waals surface area (Å²) in [5.74, 6) is 0. The molecule has 45 heavy (non-hydrogen) atoms. The van der Waals surface area contributed by atoms with Gasteiger partial charge in [0.05, 0.1) is 0 Å². The number of hydrogen-bond acceptors (Lipinski definition) is 3. The molecule has 0 amide bonds. The number of nitrogens with zero attached hydrogens (tertiary/aromatic N) is 2. The average molecular weight is 797 g/mol.